The number of aliphatic carboxylic acids is 1. The molecule has 2 rings (SSSR count). The van der Waals surface area contributed by atoms with Crippen molar-refractivity contribution in [3.05, 3.63) is 0 Å². The normalized spacial score (nSPS) is 25.5. The van der Waals surface area contributed by atoms with Crippen LogP contribution >= 0.6 is 0 Å². The van der Waals surface area contributed by atoms with Gasteiger partial charge in [0, 0.05) is 13.2 Å². The third-order valence-corrected chi connectivity index (χ3v) is 3.49. The van der Waals surface area contributed by atoms with Gasteiger partial charge in [0.2, 0.25) is 5.91 Å². The molecule has 5 heteroatoms. The molecule has 2 fully saturated rings. The molecule has 0 bridgehead atoms. The van der Waals surface area contributed by atoms with Crippen LogP contribution in [0.15, 0.2) is 0 Å². The number of carbonyl (C=O) groups excluding carboxylic acids is 1. The highest BCUT2D eigenvalue weighted by Crippen LogP contribution is 2.35. The minimum atomic E-state index is -0.806. The van der Waals surface area contributed by atoms with E-state index < -0.39 is 11.9 Å². The van der Waals surface area contributed by atoms with Gasteiger partial charge in [-0.1, -0.05) is 12.8 Å². The Bertz CT molecular complexity index is 295. The maximum Gasteiger partial charge on any atom is 0.308 e. The Morgan fingerprint density at radius 3 is 2.65 bits per heavy atom. The summed E-state index contributed by atoms with van der Waals surface area (Å²) in [6, 6.07) is 0. The maximum absolute atomic E-state index is 11.7. The van der Waals surface area contributed by atoms with Gasteiger partial charge < -0.3 is 15.2 Å². The third kappa shape index (κ3) is 3.70. The molecule has 2 N–H and O–H groups in total. The zero-order valence-electron chi connectivity index (χ0n) is 9.85. The molecule has 0 aromatic heterocycles. The van der Waals surface area contributed by atoms with Crippen LogP contribution in [0.3, 0.4) is 0 Å². The van der Waals surface area contributed by atoms with Crippen molar-refractivity contribution in [3.63, 3.8) is 0 Å². The van der Waals surface area contributed by atoms with Crippen LogP contribution in [0, 0.1) is 17.8 Å². The van der Waals surface area contributed by atoms with E-state index in [4.69, 9.17) is 9.84 Å². The number of rotatable bonds is 6. The molecule has 0 spiro atoms. The Morgan fingerprint density at radius 1 is 1.35 bits per heavy atom. The lowest BCUT2D eigenvalue weighted by Gasteiger charge is -2.14. The average molecular weight is 241 g/mol. The summed E-state index contributed by atoms with van der Waals surface area (Å²) in [5.41, 5.74) is 0. The predicted octanol–water partition coefficient (Wildman–Crippen LogP) is 0.640. The number of hydrogen-bond acceptors (Lipinski definition) is 3. The van der Waals surface area contributed by atoms with E-state index in [0.717, 1.165) is 19.3 Å². The first-order valence-electron chi connectivity index (χ1n) is 6.25. The van der Waals surface area contributed by atoms with Gasteiger partial charge in [0.25, 0.3) is 0 Å². The molecule has 1 amide bonds. The van der Waals surface area contributed by atoms with Gasteiger partial charge in [0.15, 0.2) is 0 Å². The molecule has 17 heavy (non-hydrogen) atoms. The lowest BCUT2D eigenvalue weighted by Crippen LogP contribution is -2.37. The van der Waals surface area contributed by atoms with E-state index in [1.165, 1.54) is 0 Å². The van der Waals surface area contributed by atoms with Gasteiger partial charge in [-0.05, 0) is 18.8 Å². The highest BCUT2D eigenvalue weighted by molar-refractivity contribution is 5.80. The lowest BCUT2D eigenvalue weighted by molar-refractivity contribution is -0.142. The van der Waals surface area contributed by atoms with E-state index in [9.17, 15) is 9.59 Å². The van der Waals surface area contributed by atoms with Crippen molar-refractivity contribution >= 4 is 11.9 Å². The molecule has 2 unspecified atom stereocenters. The predicted molar refractivity (Wildman–Crippen MR) is 60.4 cm³/mol. The number of carboxylic acids is 1. The van der Waals surface area contributed by atoms with Crippen LogP contribution in [0.4, 0.5) is 0 Å². The average Bonchev–Trinajstić information content (AvgIpc) is 2.94. The van der Waals surface area contributed by atoms with Gasteiger partial charge in [0.1, 0.15) is 0 Å². The number of nitrogens with one attached hydrogen (secondary N) is 1. The molecule has 0 radical (unpaired) electrons. The highest BCUT2D eigenvalue weighted by Gasteiger charge is 2.30. The van der Waals surface area contributed by atoms with Gasteiger partial charge in [-0.3, -0.25) is 9.59 Å². The van der Waals surface area contributed by atoms with Crippen LogP contribution in [0.2, 0.25) is 0 Å². The minimum absolute atomic E-state index is 0.0652. The summed E-state index contributed by atoms with van der Waals surface area (Å²) < 4.78 is 5.13. The summed E-state index contributed by atoms with van der Waals surface area (Å²) in [4.78, 5) is 22.7. The Labute approximate surface area is 101 Å². The Kier molecular flexibility index (Phi) is 3.99. The van der Waals surface area contributed by atoms with Crippen molar-refractivity contribution in [2.45, 2.75) is 25.7 Å². The van der Waals surface area contributed by atoms with Crippen molar-refractivity contribution in [2.75, 3.05) is 19.8 Å². The van der Waals surface area contributed by atoms with Crippen LogP contribution in [0.5, 0.6) is 0 Å². The zero-order chi connectivity index (χ0) is 12.3. The number of carbonyl (C=O) groups is 2. The Morgan fingerprint density at radius 2 is 2.12 bits per heavy atom. The lowest BCUT2D eigenvalue weighted by atomic mass is 10.0. The second-order valence-electron chi connectivity index (χ2n) is 5.02. The number of ether oxygens (including phenoxy) is 1. The summed E-state index contributed by atoms with van der Waals surface area (Å²) in [5.74, 6) is -0.841. The van der Waals surface area contributed by atoms with Crippen molar-refractivity contribution in [2.24, 2.45) is 17.8 Å². The van der Waals surface area contributed by atoms with E-state index in [1.807, 2.05) is 0 Å². The van der Waals surface area contributed by atoms with Crippen LogP contribution in [0.1, 0.15) is 25.7 Å². The van der Waals surface area contributed by atoms with E-state index in [0.29, 0.717) is 25.6 Å². The van der Waals surface area contributed by atoms with Gasteiger partial charge in [-0.2, -0.15) is 0 Å². The van der Waals surface area contributed by atoms with Crippen molar-refractivity contribution in [3.8, 4) is 0 Å². The first kappa shape index (κ1) is 12.4. The molecule has 2 atom stereocenters. The minimum Gasteiger partial charge on any atom is -0.481 e. The van der Waals surface area contributed by atoms with E-state index in [2.05, 4.69) is 5.32 Å². The van der Waals surface area contributed by atoms with Crippen LogP contribution in [-0.4, -0.2) is 36.7 Å². The smallest absolute Gasteiger partial charge is 0.308 e. The molecule has 5 nitrogen and oxygen atoms in total. The fraction of sp³-hybridized carbons (Fsp3) is 0.833. The fourth-order valence-electron chi connectivity index (χ4n) is 2.14. The molecule has 0 aromatic carbocycles. The zero-order valence-corrected chi connectivity index (χ0v) is 9.85. The number of carboxylic acid groups (broad SMARTS) is 1. The van der Waals surface area contributed by atoms with Crippen LogP contribution in [-0.2, 0) is 14.3 Å². The molecule has 1 saturated heterocycles. The third-order valence-electron chi connectivity index (χ3n) is 3.49. The summed E-state index contributed by atoms with van der Waals surface area (Å²) in [6.07, 6.45) is 3.70. The van der Waals surface area contributed by atoms with Crippen molar-refractivity contribution in [1.29, 1.82) is 0 Å². The molecular formula is C12H19NO4. The molecule has 1 saturated carbocycles. The number of hydrogen-bond donors (Lipinski definition) is 2. The maximum atomic E-state index is 11.7. The van der Waals surface area contributed by atoms with Gasteiger partial charge in [-0.15, -0.1) is 0 Å². The largest absolute Gasteiger partial charge is 0.481 e. The molecule has 1 heterocycles. The molecule has 1 aliphatic carbocycles. The molecule has 2 aliphatic rings. The number of amides is 1. The van der Waals surface area contributed by atoms with Gasteiger partial charge in [0.05, 0.1) is 18.4 Å². The second kappa shape index (κ2) is 5.49. The second-order valence-corrected chi connectivity index (χ2v) is 5.02. The summed E-state index contributed by atoms with van der Waals surface area (Å²) >= 11 is 0. The van der Waals surface area contributed by atoms with Gasteiger partial charge in [-0.25, -0.2) is 0 Å². The highest BCUT2D eigenvalue weighted by atomic mass is 16.5. The Hall–Kier alpha value is -1.10. The van der Waals surface area contributed by atoms with Gasteiger partial charge >= 0.3 is 5.97 Å². The Balaban J connectivity index is 1.73. The quantitative estimate of drug-likeness (QED) is 0.715. The molecule has 1 aliphatic heterocycles. The summed E-state index contributed by atoms with van der Waals surface area (Å²) in [5, 5.41) is 11.8. The fourth-order valence-corrected chi connectivity index (χ4v) is 2.14. The monoisotopic (exact) mass is 241 g/mol. The van der Waals surface area contributed by atoms with E-state index >= 15 is 0 Å². The molecule has 96 valence electrons. The van der Waals surface area contributed by atoms with E-state index in [1.54, 1.807) is 0 Å². The molecular weight excluding hydrogens is 222 g/mol. The standard InChI is InChI=1S/C12H19NO4/c14-11(9-3-4-17-7-9)13-6-10(12(15)16)5-8-1-2-8/h8-10H,1-7H2,(H,13,14)(H,15,16). The van der Waals surface area contributed by atoms with Crippen molar-refractivity contribution < 1.29 is 19.4 Å². The topological polar surface area (TPSA) is 75.6 Å². The SMILES string of the molecule is O=C(O)C(CNC(=O)C1CCOC1)CC1CC1. The van der Waals surface area contributed by atoms with Crippen LogP contribution < -0.4 is 5.32 Å². The van der Waals surface area contributed by atoms with Crippen molar-refractivity contribution in [1.82, 2.24) is 5.32 Å². The van der Waals surface area contributed by atoms with Crippen LogP contribution in [0.25, 0.3) is 0 Å². The van der Waals surface area contributed by atoms with E-state index in [-0.39, 0.29) is 18.4 Å². The first-order chi connectivity index (χ1) is 8.16. The summed E-state index contributed by atoms with van der Waals surface area (Å²) in [7, 11) is 0. The first-order valence-corrected chi connectivity index (χ1v) is 6.25. The molecule has 0 aromatic rings. The summed E-state index contributed by atoms with van der Waals surface area (Å²) in [6.45, 7) is 1.34.